The van der Waals surface area contributed by atoms with Gasteiger partial charge in [-0.1, -0.05) is 0 Å². The second-order valence-corrected chi connectivity index (χ2v) is 3.05. The normalized spacial score (nSPS) is 11.0. The lowest BCUT2D eigenvalue weighted by atomic mass is 10.5. The van der Waals surface area contributed by atoms with Gasteiger partial charge in [-0.15, -0.1) is 0 Å². The molecule has 2 aromatic heterocycles. The van der Waals surface area contributed by atoms with E-state index in [4.69, 9.17) is 0 Å². The lowest BCUT2D eigenvalue weighted by Crippen LogP contribution is -2.21. The van der Waals surface area contributed by atoms with Crippen molar-refractivity contribution in [1.82, 2.24) is 19.1 Å². The third-order valence-electron chi connectivity index (χ3n) is 2.18. The molecule has 5 nitrogen and oxygen atoms in total. The van der Waals surface area contributed by atoms with Crippen molar-refractivity contribution in [3.63, 3.8) is 0 Å². The van der Waals surface area contributed by atoms with E-state index in [1.54, 1.807) is 31.9 Å². The molecule has 0 aliphatic carbocycles. The number of hydrogen-bond donors (Lipinski definition) is 0. The zero-order valence-electron chi connectivity index (χ0n) is 7.77. The fraction of sp³-hybridized carbons (Fsp3) is 0.375. The molecule has 2 rings (SSSR count). The Hall–Kier alpha value is -1.65. The van der Waals surface area contributed by atoms with Crippen LogP contribution in [0.2, 0.25) is 0 Å². The highest BCUT2D eigenvalue weighted by Crippen LogP contribution is 2.03. The van der Waals surface area contributed by atoms with E-state index in [1.165, 1.54) is 4.57 Å². The van der Waals surface area contributed by atoms with Crippen LogP contribution in [0.3, 0.4) is 0 Å². The first-order valence-corrected chi connectivity index (χ1v) is 3.96. The molecule has 68 valence electrons. The van der Waals surface area contributed by atoms with E-state index in [0.717, 1.165) is 0 Å². The Balaban J connectivity index is 3.06. The summed E-state index contributed by atoms with van der Waals surface area (Å²) < 4.78 is 3.20. The number of imidazole rings is 1. The van der Waals surface area contributed by atoms with Crippen LogP contribution in [0.4, 0.5) is 0 Å². The van der Waals surface area contributed by atoms with E-state index in [1.807, 2.05) is 0 Å². The van der Waals surface area contributed by atoms with Crippen LogP contribution < -0.4 is 5.56 Å². The fourth-order valence-electron chi connectivity index (χ4n) is 1.28. The molecule has 0 N–H and O–H groups in total. The molecule has 5 heteroatoms. The van der Waals surface area contributed by atoms with Crippen LogP contribution in [-0.4, -0.2) is 19.1 Å². The maximum Gasteiger partial charge on any atom is 0.279 e. The van der Waals surface area contributed by atoms with Crippen LogP contribution in [-0.2, 0) is 14.1 Å². The predicted octanol–water partition coefficient (Wildman–Crippen LogP) is -0.0246. The Morgan fingerprint density at radius 1 is 1.38 bits per heavy atom. The molecule has 2 aromatic rings. The summed E-state index contributed by atoms with van der Waals surface area (Å²) in [5.41, 5.74) is 1.01. The molecule has 0 radical (unpaired) electrons. The molecule has 0 aromatic carbocycles. The SMILES string of the molecule is Cc1nc2ncn(C)c2c(=O)n1C. The molecule has 0 atom stereocenters. The molecule has 0 fully saturated rings. The van der Waals surface area contributed by atoms with Gasteiger partial charge in [-0.3, -0.25) is 9.36 Å². The number of hydrogen-bond acceptors (Lipinski definition) is 3. The first-order chi connectivity index (χ1) is 6.11. The molecular weight excluding hydrogens is 168 g/mol. The van der Waals surface area contributed by atoms with Crippen molar-refractivity contribution >= 4 is 11.2 Å². The first-order valence-electron chi connectivity index (χ1n) is 3.96. The maximum absolute atomic E-state index is 11.7. The summed E-state index contributed by atoms with van der Waals surface area (Å²) in [6, 6.07) is 0. The number of rotatable bonds is 0. The Morgan fingerprint density at radius 2 is 2.08 bits per heavy atom. The second-order valence-electron chi connectivity index (χ2n) is 3.05. The van der Waals surface area contributed by atoms with Crippen LogP contribution in [0, 0.1) is 6.92 Å². The summed E-state index contributed by atoms with van der Waals surface area (Å²) >= 11 is 0. The van der Waals surface area contributed by atoms with Gasteiger partial charge < -0.3 is 4.57 Å². The molecule has 2 heterocycles. The summed E-state index contributed by atoms with van der Waals surface area (Å²) in [5.74, 6) is 0.677. The van der Waals surface area contributed by atoms with Crippen LogP contribution in [0.5, 0.6) is 0 Å². The monoisotopic (exact) mass is 178 g/mol. The van der Waals surface area contributed by atoms with Gasteiger partial charge in [-0.25, -0.2) is 9.97 Å². The summed E-state index contributed by atoms with van der Waals surface area (Å²) in [6.07, 6.45) is 1.60. The van der Waals surface area contributed by atoms with Crippen molar-refractivity contribution in [1.29, 1.82) is 0 Å². The maximum atomic E-state index is 11.7. The quantitative estimate of drug-likeness (QED) is 0.569. The summed E-state index contributed by atoms with van der Waals surface area (Å²) in [7, 11) is 3.49. The highest BCUT2D eigenvalue weighted by Gasteiger charge is 2.08. The van der Waals surface area contributed by atoms with Gasteiger partial charge in [0.2, 0.25) is 0 Å². The zero-order valence-corrected chi connectivity index (χ0v) is 7.77. The lowest BCUT2D eigenvalue weighted by Gasteiger charge is -2.01. The van der Waals surface area contributed by atoms with E-state index >= 15 is 0 Å². The van der Waals surface area contributed by atoms with E-state index in [2.05, 4.69) is 9.97 Å². The molecule has 0 saturated carbocycles. The number of nitrogens with zero attached hydrogens (tertiary/aromatic N) is 4. The Labute approximate surface area is 74.7 Å². The van der Waals surface area contributed by atoms with E-state index in [0.29, 0.717) is 17.0 Å². The predicted molar refractivity (Wildman–Crippen MR) is 48.5 cm³/mol. The molecule has 13 heavy (non-hydrogen) atoms. The standard InChI is InChI=1S/C8H10N4O/c1-5-10-7-6(8(13)12(5)3)11(2)4-9-7/h4H,1-3H3. The zero-order chi connectivity index (χ0) is 9.59. The topological polar surface area (TPSA) is 52.7 Å². The molecule has 0 aliphatic rings. The average molecular weight is 178 g/mol. The van der Waals surface area contributed by atoms with E-state index in [9.17, 15) is 4.79 Å². The van der Waals surface area contributed by atoms with Crippen molar-refractivity contribution in [2.24, 2.45) is 14.1 Å². The van der Waals surface area contributed by atoms with Gasteiger partial charge in [0.05, 0.1) is 6.33 Å². The third kappa shape index (κ3) is 0.965. The molecule has 0 spiro atoms. The second kappa shape index (κ2) is 2.42. The van der Waals surface area contributed by atoms with Crippen molar-refractivity contribution in [3.8, 4) is 0 Å². The third-order valence-corrected chi connectivity index (χ3v) is 2.18. The Morgan fingerprint density at radius 3 is 2.77 bits per heavy atom. The molecule has 0 bridgehead atoms. The minimum absolute atomic E-state index is 0.0532. The van der Waals surface area contributed by atoms with Crippen LogP contribution in [0.25, 0.3) is 11.2 Å². The van der Waals surface area contributed by atoms with Crippen LogP contribution in [0.1, 0.15) is 5.82 Å². The van der Waals surface area contributed by atoms with Crippen LogP contribution in [0.15, 0.2) is 11.1 Å². The van der Waals surface area contributed by atoms with Gasteiger partial charge in [-0.2, -0.15) is 0 Å². The summed E-state index contributed by atoms with van der Waals surface area (Å²) in [5, 5.41) is 0. The smallest absolute Gasteiger partial charge is 0.279 e. The molecule has 0 amide bonds. The lowest BCUT2D eigenvalue weighted by molar-refractivity contribution is 0.782. The summed E-state index contributed by atoms with van der Waals surface area (Å²) in [4.78, 5) is 19.9. The van der Waals surface area contributed by atoms with E-state index in [-0.39, 0.29) is 5.56 Å². The van der Waals surface area contributed by atoms with Crippen molar-refractivity contribution in [2.75, 3.05) is 0 Å². The Kier molecular flexibility index (Phi) is 1.48. The van der Waals surface area contributed by atoms with Gasteiger partial charge in [0.25, 0.3) is 5.56 Å². The number of aromatic nitrogens is 4. The van der Waals surface area contributed by atoms with Gasteiger partial charge in [-0.05, 0) is 6.92 Å². The van der Waals surface area contributed by atoms with E-state index < -0.39 is 0 Å². The van der Waals surface area contributed by atoms with Gasteiger partial charge in [0.15, 0.2) is 11.2 Å². The Bertz CT molecular complexity index is 523. The van der Waals surface area contributed by atoms with Gasteiger partial charge in [0.1, 0.15) is 5.82 Å². The first kappa shape index (κ1) is 7.97. The molecule has 0 aliphatic heterocycles. The van der Waals surface area contributed by atoms with Crippen molar-refractivity contribution in [3.05, 3.63) is 22.5 Å². The van der Waals surface area contributed by atoms with Crippen molar-refractivity contribution < 1.29 is 0 Å². The molecular formula is C8H10N4O. The minimum Gasteiger partial charge on any atom is -0.328 e. The fourth-order valence-corrected chi connectivity index (χ4v) is 1.28. The largest absolute Gasteiger partial charge is 0.328 e. The minimum atomic E-state index is -0.0532. The molecule has 0 unspecified atom stereocenters. The average Bonchev–Trinajstić information content (AvgIpc) is 2.43. The van der Waals surface area contributed by atoms with Crippen LogP contribution >= 0.6 is 0 Å². The summed E-state index contributed by atoms with van der Waals surface area (Å²) in [6.45, 7) is 1.79. The number of aryl methyl sites for hydroxylation is 2. The van der Waals surface area contributed by atoms with Gasteiger partial charge in [0, 0.05) is 14.1 Å². The van der Waals surface area contributed by atoms with Crippen molar-refractivity contribution in [2.45, 2.75) is 6.92 Å². The van der Waals surface area contributed by atoms with Gasteiger partial charge >= 0.3 is 0 Å². The highest BCUT2D eigenvalue weighted by atomic mass is 16.1. The molecule has 0 saturated heterocycles. The highest BCUT2D eigenvalue weighted by molar-refractivity contribution is 5.69. The number of fused-ring (bicyclic) bond motifs is 1.